The highest BCUT2D eigenvalue weighted by Crippen LogP contribution is 2.25. The van der Waals surface area contributed by atoms with Crippen molar-refractivity contribution >= 4 is 46.5 Å². The molecule has 3 rings (SSSR count). The quantitative estimate of drug-likeness (QED) is 0.588. The van der Waals surface area contributed by atoms with Gasteiger partial charge in [0.2, 0.25) is 5.91 Å². The molecule has 2 heterocycles. The second kappa shape index (κ2) is 8.08. The van der Waals surface area contributed by atoms with Crippen LogP contribution in [0.25, 0.3) is 5.65 Å². The molecule has 0 saturated carbocycles. The van der Waals surface area contributed by atoms with Gasteiger partial charge < -0.3 is 4.90 Å². The van der Waals surface area contributed by atoms with E-state index in [4.69, 9.17) is 23.2 Å². The van der Waals surface area contributed by atoms with Crippen LogP contribution in [0, 0.1) is 0 Å². The first-order chi connectivity index (χ1) is 12.1. The number of thioether (sulfide) groups is 1. The maximum absolute atomic E-state index is 12.5. The molecular formula is C17H16Cl2N4OS. The summed E-state index contributed by atoms with van der Waals surface area (Å²) in [5.41, 5.74) is 1.63. The zero-order valence-electron chi connectivity index (χ0n) is 13.5. The number of benzene rings is 1. The van der Waals surface area contributed by atoms with Crippen molar-refractivity contribution in [1.29, 1.82) is 0 Å². The van der Waals surface area contributed by atoms with E-state index in [9.17, 15) is 4.79 Å². The van der Waals surface area contributed by atoms with Gasteiger partial charge in [-0.15, -0.1) is 10.2 Å². The standard InChI is InChI=1S/C17H16Cl2N4OS/c1-2-22(9-12-6-4-3-5-7-12)15(24)11-25-17-21-20-16-14(19)8-13(18)10-23(16)17/h3-8,10H,2,9,11H2,1H3. The highest BCUT2D eigenvalue weighted by atomic mass is 35.5. The van der Waals surface area contributed by atoms with Crippen molar-refractivity contribution < 1.29 is 4.79 Å². The fourth-order valence-corrected chi connectivity index (χ4v) is 3.72. The predicted octanol–water partition coefficient (Wildman–Crippen LogP) is 4.18. The van der Waals surface area contributed by atoms with Gasteiger partial charge in [0, 0.05) is 19.3 Å². The van der Waals surface area contributed by atoms with Crippen molar-refractivity contribution in [3.05, 3.63) is 58.2 Å². The van der Waals surface area contributed by atoms with E-state index < -0.39 is 0 Å². The van der Waals surface area contributed by atoms with E-state index in [1.807, 2.05) is 42.2 Å². The topological polar surface area (TPSA) is 50.5 Å². The zero-order valence-corrected chi connectivity index (χ0v) is 15.9. The van der Waals surface area contributed by atoms with Crippen LogP contribution >= 0.6 is 35.0 Å². The van der Waals surface area contributed by atoms with Crippen LogP contribution in [0.2, 0.25) is 10.0 Å². The summed E-state index contributed by atoms with van der Waals surface area (Å²) in [6.07, 6.45) is 1.69. The van der Waals surface area contributed by atoms with Crippen LogP contribution in [0.1, 0.15) is 12.5 Å². The van der Waals surface area contributed by atoms with E-state index in [0.29, 0.717) is 33.9 Å². The van der Waals surface area contributed by atoms with Crippen LogP contribution in [0.15, 0.2) is 47.8 Å². The Labute approximate surface area is 159 Å². The second-order valence-corrected chi connectivity index (χ2v) is 7.15. The molecule has 0 aliphatic carbocycles. The van der Waals surface area contributed by atoms with Gasteiger partial charge in [0.05, 0.1) is 15.8 Å². The number of halogens is 2. The normalized spacial score (nSPS) is 11.0. The average Bonchev–Trinajstić information content (AvgIpc) is 3.01. The van der Waals surface area contributed by atoms with Gasteiger partial charge in [-0.2, -0.15) is 0 Å². The van der Waals surface area contributed by atoms with Crippen LogP contribution in [-0.2, 0) is 11.3 Å². The molecule has 0 saturated heterocycles. The Morgan fingerprint density at radius 1 is 1.24 bits per heavy atom. The van der Waals surface area contributed by atoms with Crippen LogP contribution in [0.4, 0.5) is 0 Å². The van der Waals surface area contributed by atoms with E-state index in [1.165, 1.54) is 11.8 Å². The largest absolute Gasteiger partial charge is 0.338 e. The molecule has 1 aromatic carbocycles. The molecule has 0 N–H and O–H groups in total. The zero-order chi connectivity index (χ0) is 17.8. The van der Waals surface area contributed by atoms with E-state index in [2.05, 4.69) is 10.2 Å². The Balaban J connectivity index is 1.69. The molecule has 25 heavy (non-hydrogen) atoms. The van der Waals surface area contributed by atoms with Crippen LogP contribution < -0.4 is 0 Å². The summed E-state index contributed by atoms with van der Waals surface area (Å²) in [7, 11) is 0. The summed E-state index contributed by atoms with van der Waals surface area (Å²) in [5, 5.41) is 9.65. The van der Waals surface area contributed by atoms with Crippen molar-refractivity contribution in [2.45, 2.75) is 18.6 Å². The molecular weight excluding hydrogens is 379 g/mol. The number of pyridine rings is 1. The van der Waals surface area contributed by atoms with Crippen molar-refractivity contribution in [2.75, 3.05) is 12.3 Å². The number of carbonyl (C=O) groups is 1. The van der Waals surface area contributed by atoms with Crippen LogP contribution in [0.3, 0.4) is 0 Å². The fraction of sp³-hybridized carbons (Fsp3) is 0.235. The van der Waals surface area contributed by atoms with Gasteiger partial charge in [-0.25, -0.2) is 0 Å². The SMILES string of the molecule is CCN(Cc1ccccc1)C(=O)CSc1nnc2c(Cl)cc(Cl)cn12. The van der Waals surface area contributed by atoms with Gasteiger partial charge in [-0.1, -0.05) is 65.3 Å². The number of hydrogen-bond donors (Lipinski definition) is 0. The summed E-state index contributed by atoms with van der Waals surface area (Å²) in [5.74, 6) is 0.312. The lowest BCUT2D eigenvalue weighted by Crippen LogP contribution is -2.31. The molecule has 0 spiro atoms. The lowest BCUT2D eigenvalue weighted by Gasteiger charge is -2.20. The maximum atomic E-state index is 12.5. The molecule has 0 aliphatic heterocycles. The first kappa shape index (κ1) is 18.0. The molecule has 0 atom stereocenters. The number of fused-ring (bicyclic) bond motifs is 1. The van der Waals surface area contributed by atoms with E-state index in [0.717, 1.165) is 5.56 Å². The summed E-state index contributed by atoms with van der Waals surface area (Å²) >= 11 is 13.5. The summed E-state index contributed by atoms with van der Waals surface area (Å²) in [6.45, 7) is 3.21. The van der Waals surface area contributed by atoms with E-state index in [1.54, 1.807) is 16.7 Å². The molecule has 8 heteroatoms. The second-order valence-electron chi connectivity index (χ2n) is 5.36. The van der Waals surface area contributed by atoms with Gasteiger partial charge in [-0.3, -0.25) is 9.20 Å². The average molecular weight is 395 g/mol. The molecule has 0 bridgehead atoms. The number of nitrogens with zero attached hydrogens (tertiary/aromatic N) is 4. The molecule has 0 radical (unpaired) electrons. The highest BCUT2D eigenvalue weighted by Gasteiger charge is 2.16. The number of hydrogen-bond acceptors (Lipinski definition) is 4. The Hall–Kier alpha value is -1.76. The number of rotatable bonds is 6. The lowest BCUT2D eigenvalue weighted by atomic mass is 10.2. The van der Waals surface area contributed by atoms with E-state index in [-0.39, 0.29) is 11.7 Å². The molecule has 0 aliphatic rings. The van der Waals surface area contributed by atoms with Gasteiger partial charge >= 0.3 is 0 Å². The maximum Gasteiger partial charge on any atom is 0.233 e. The Kier molecular flexibility index (Phi) is 5.83. The van der Waals surface area contributed by atoms with Gasteiger partial charge in [0.1, 0.15) is 0 Å². The van der Waals surface area contributed by atoms with Crippen molar-refractivity contribution in [3.63, 3.8) is 0 Å². The number of aromatic nitrogens is 3. The van der Waals surface area contributed by atoms with E-state index >= 15 is 0 Å². The molecule has 0 unspecified atom stereocenters. The molecule has 3 aromatic rings. The molecule has 5 nitrogen and oxygen atoms in total. The summed E-state index contributed by atoms with van der Waals surface area (Å²) in [4.78, 5) is 14.4. The summed E-state index contributed by atoms with van der Waals surface area (Å²) in [6, 6.07) is 11.5. The first-order valence-corrected chi connectivity index (χ1v) is 9.47. The van der Waals surface area contributed by atoms with Crippen molar-refractivity contribution in [1.82, 2.24) is 19.5 Å². The molecule has 130 valence electrons. The Morgan fingerprint density at radius 3 is 2.72 bits per heavy atom. The predicted molar refractivity (Wildman–Crippen MR) is 101 cm³/mol. The highest BCUT2D eigenvalue weighted by molar-refractivity contribution is 7.99. The number of amides is 1. The third-order valence-electron chi connectivity index (χ3n) is 3.67. The van der Waals surface area contributed by atoms with Crippen LogP contribution in [0.5, 0.6) is 0 Å². The van der Waals surface area contributed by atoms with Crippen LogP contribution in [-0.4, -0.2) is 37.7 Å². The smallest absolute Gasteiger partial charge is 0.233 e. The fourth-order valence-electron chi connectivity index (χ4n) is 2.40. The first-order valence-electron chi connectivity index (χ1n) is 7.72. The minimum absolute atomic E-state index is 0.0428. The Morgan fingerprint density at radius 2 is 2.00 bits per heavy atom. The third-order valence-corrected chi connectivity index (χ3v) is 5.08. The Bertz CT molecular complexity index is 885. The monoisotopic (exact) mass is 394 g/mol. The minimum atomic E-state index is 0.0428. The molecule has 2 aromatic heterocycles. The van der Waals surface area contributed by atoms with Gasteiger partial charge in [0.15, 0.2) is 10.8 Å². The van der Waals surface area contributed by atoms with Crippen molar-refractivity contribution in [3.8, 4) is 0 Å². The summed E-state index contributed by atoms with van der Waals surface area (Å²) < 4.78 is 1.70. The van der Waals surface area contributed by atoms with Crippen molar-refractivity contribution in [2.24, 2.45) is 0 Å². The molecule has 1 amide bonds. The number of carbonyl (C=O) groups excluding carboxylic acids is 1. The third kappa shape index (κ3) is 4.26. The lowest BCUT2D eigenvalue weighted by molar-refractivity contribution is -0.128. The van der Waals surface area contributed by atoms with Gasteiger partial charge in [0.25, 0.3) is 0 Å². The molecule has 0 fully saturated rings. The minimum Gasteiger partial charge on any atom is -0.338 e. The van der Waals surface area contributed by atoms with Gasteiger partial charge in [-0.05, 0) is 18.6 Å².